The summed E-state index contributed by atoms with van der Waals surface area (Å²) in [5.74, 6) is 1.67. The van der Waals surface area contributed by atoms with Crippen molar-refractivity contribution in [2.75, 3.05) is 25.1 Å². The van der Waals surface area contributed by atoms with Crippen molar-refractivity contribution in [1.29, 1.82) is 0 Å². The minimum absolute atomic E-state index is 0.00563. The number of amides is 1. The number of benzene rings is 1. The Bertz CT molecular complexity index is 702. The number of nitrogens with one attached hydrogen (secondary N) is 3. The summed E-state index contributed by atoms with van der Waals surface area (Å²) in [4.78, 5) is 20.2. The third kappa shape index (κ3) is 3.23. The molecule has 1 saturated carbocycles. The van der Waals surface area contributed by atoms with Crippen LogP contribution in [0.25, 0.3) is 11.0 Å². The fraction of sp³-hybridized carbons (Fsp3) is 0.529. The molecule has 2 fully saturated rings. The van der Waals surface area contributed by atoms with Crippen LogP contribution in [-0.4, -0.2) is 41.7 Å². The van der Waals surface area contributed by atoms with Crippen molar-refractivity contribution in [2.24, 2.45) is 0 Å². The highest BCUT2D eigenvalue weighted by atomic mass is 16.5. The highest BCUT2D eigenvalue weighted by Gasteiger charge is 2.22. The van der Waals surface area contributed by atoms with Gasteiger partial charge in [-0.25, -0.2) is 4.98 Å². The Morgan fingerprint density at radius 2 is 2.30 bits per heavy atom. The first-order valence-electron chi connectivity index (χ1n) is 8.38. The maximum atomic E-state index is 12.2. The van der Waals surface area contributed by atoms with E-state index in [2.05, 4.69) is 20.6 Å². The lowest BCUT2D eigenvalue weighted by Gasteiger charge is -2.23. The SMILES string of the molecule is O=C(CC1COCCN1)Nc1ccc2nc(C3CCC3)[nH]c2c1. The lowest BCUT2D eigenvalue weighted by molar-refractivity contribution is -0.117. The molecule has 1 aromatic heterocycles. The summed E-state index contributed by atoms with van der Waals surface area (Å²) in [6, 6.07) is 5.94. The first-order valence-corrected chi connectivity index (χ1v) is 8.38. The number of morpholine rings is 1. The van der Waals surface area contributed by atoms with Crippen molar-refractivity contribution >= 4 is 22.6 Å². The molecule has 122 valence electrons. The number of ether oxygens (including phenoxy) is 1. The molecular formula is C17H22N4O2. The Labute approximate surface area is 135 Å². The van der Waals surface area contributed by atoms with Crippen molar-refractivity contribution in [1.82, 2.24) is 15.3 Å². The number of anilines is 1. The molecule has 1 aliphatic carbocycles. The highest BCUT2D eigenvalue weighted by molar-refractivity contribution is 5.93. The zero-order chi connectivity index (χ0) is 15.6. The van der Waals surface area contributed by atoms with Crippen LogP contribution in [0.3, 0.4) is 0 Å². The molecule has 6 nitrogen and oxygen atoms in total. The van der Waals surface area contributed by atoms with Gasteiger partial charge in [-0.3, -0.25) is 4.79 Å². The van der Waals surface area contributed by atoms with Gasteiger partial charge in [0.05, 0.1) is 24.2 Å². The van der Waals surface area contributed by atoms with Gasteiger partial charge >= 0.3 is 0 Å². The third-order valence-electron chi connectivity index (χ3n) is 4.71. The van der Waals surface area contributed by atoms with Crippen molar-refractivity contribution in [3.05, 3.63) is 24.0 Å². The lowest BCUT2D eigenvalue weighted by atomic mass is 9.85. The standard InChI is InChI=1S/C17H22N4O2/c22-16(9-13-10-23-7-6-18-13)19-12-4-5-14-15(8-12)21-17(20-14)11-2-1-3-11/h4-5,8,11,13,18H,1-3,6-7,9-10H2,(H,19,22)(H,20,21). The van der Waals surface area contributed by atoms with E-state index in [1.807, 2.05) is 18.2 Å². The molecule has 1 aromatic carbocycles. The van der Waals surface area contributed by atoms with Gasteiger partial charge < -0.3 is 20.4 Å². The van der Waals surface area contributed by atoms with E-state index < -0.39 is 0 Å². The number of nitrogens with zero attached hydrogens (tertiary/aromatic N) is 1. The molecular weight excluding hydrogens is 292 g/mol. The largest absolute Gasteiger partial charge is 0.378 e. The molecule has 1 amide bonds. The molecule has 0 bridgehead atoms. The third-order valence-corrected chi connectivity index (χ3v) is 4.71. The van der Waals surface area contributed by atoms with Crippen molar-refractivity contribution in [2.45, 2.75) is 37.6 Å². The predicted molar refractivity (Wildman–Crippen MR) is 88.5 cm³/mol. The van der Waals surface area contributed by atoms with E-state index in [1.165, 1.54) is 19.3 Å². The number of fused-ring (bicyclic) bond motifs is 1. The van der Waals surface area contributed by atoms with Crippen LogP contribution in [0.15, 0.2) is 18.2 Å². The molecule has 0 radical (unpaired) electrons. The molecule has 1 unspecified atom stereocenters. The maximum absolute atomic E-state index is 12.2. The number of aromatic amines is 1. The minimum atomic E-state index is 0.00563. The molecule has 1 atom stereocenters. The second-order valence-corrected chi connectivity index (χ2v) is 6.46. The molecule has 4 rings (SSSR count). The van der Waals surface area contributed by atoms with Gasteiger partial charge in [0.25, 0.3) is 0 Å². The highest BCUT2D eigenvalue weighted by Crippen LogP contribution is 2.35. The number of aromatic nitrogens is 2. The molecule has 2 aromatic rings. The summed E-state index contributed by atoms with van der Waals surface area (Å²) < 4.78 is 5.38. The molecule has 1 aliphatic heterocycles. The Morgan fingerprint density at radius 3 is 3.04 bits per heavy atom. The van der Waals surface area contributed by atoms with E-state index in [1.54, 1.807) is 0 Å². The van der Waals surface area contributed by atoms with Gasteiger partial charge in [-0.15, -0.1) is 0 Å². The smallest absolute Gasteiger partial charge is 0.226 e. The number of rotatable bonds is 4. The van der Waals surface area contributed by atoms with E-state index in [-0.39, 0.29) is 11.9 Å². The molecule has 6 heteroatoms. The summed E-state index contributed by atoms with van der Waals surface area (Å²) in [5.41, 5.74) is 2.76. The quantitative estimate of drug-likeness (QED) is 0.808. The molecule has 3 N–H and O–H groups in total. The van der Waals surface area contributed by atoms with E-state index in [9.17, 15) is 4.79 Å². The van der Waals surface area contributed by atoms with Crippen molar-refractivity contribution in [3.8, 4) is 0 Å². The Balaban J connectivity index is 1.42. The first kappa shape index (κ1) is 14.7. The molecule has 1 saturated heterocycles. The summed E-state index contributed by atoms with van der Waals surface area (Å²) >= 11 is 0. The van der Waals surface area contributed by atoms with Gasteiger partial charge in [-0.1, -0.05) is 6.42 Å². The summed E-state index contributed by atoms with van der Waals surface area (Å²) in [5, 5.41) is 6.26. The number of carbonyl (C=O) groups is 1. The zero-order valence-corrected chi connectivity index (χ0v) is 13.1. The molecule has 2 heterocycles. The molecule has 23 heavy (non-hydrogen) atoms. The lowest BCUT2D eigenvalue weighted by Crippen LogP contribution is -2.43. The van der Waals surface area contributed by atoms with Gasteiger partial charge in [0.15, 0.2) is 0 Å². The van der Waals surface area contributed by atoms with E-state index in [0.29, 0.717) is 18.9 Å². The number of hydrogen-bond donors (Lipinski definition) is 3. The first-order chi connectivity index (χ1) is 11.3. The van der Waals surface area contributed by atoms with Crippen LogP contribution in [0.1, 0.15) is 37.4 Å². The van der Waals surface area contributed by atoms with Crippen molar-refractivity contribution in [3.63, 3.8) is 0 Å². The van der Waals surface area contributed by atoms with E-state index in [0.717, 1.165) is 35.7 Å². The Morgan fingerprint density at radius 1 is 1.39 bits per heavy atom. The average molecular weight is 314 g/mol. The topological polar surface area (TPSA) is 79.0 Å². The fourth-order valence-corrected chi connectivity index (χ4v) is 3.17. The van der Waals surface area contributed by atoms with Gasteiger partial charge in [-0.05, 0) is 31.0 Å². The fourth-order valence-electron chi connectivity index (χ4n) is 3.17. The van der Waals surface area contributed by atoms with Crippen LogP contribution >= 0.6 is 0 Å². The Hall–Kier alpha value is -1.92. The monoisotopic (exact) mass is 314 g/mol. The zero-order valence-electron chi connectivity index (χ0n) is 13.1. The van der Waals surface area contributed by atoms with E-state index >= 15 is 0 Å². The van der Waals surface area contributed by atoms with Crippen LogP contribution in [-0.2, 0) is 9.53 Å². The summed E-state index contributed by atoms with van der Waals surface area (Å²) in [6.07, 6.45) is 4.16. The number of hydrogen-bond acceptors (Lipinski definition) is 4. The van der Waals surface area contributed by atoms with Gasteiger partial charge in [0, 0.05) is 30.6 Å². The molecule has 2 aliphatic rings. The second-order valence-electron chi connectivity index (χ2n) is 6.46. The molecule has 0 spiro atoms. The number of carbonyl (C=O) groups excluding carboxylic acids is 1. The van der Waals surface area contributed by atoms with Crippen LogP contribution < -0.4 is 10.6 Å². The Kier molecular flexibility index (Phi) is 4.01. The van der Waals surface area contributed by atoms with Gasteiger partial charge in [0.1, 0.15) is 5.82 Å². The minimum Gasteiger partial charge on any atom is -0.378 e. The van der Waals surface area contributed by atoms with Gasteiger partial charge in [-0.2, -0.15) is 0 Å². The average Bonchev–Trinajstić information content (AvgIpc) is 2.88. The number of H-pyrrole nitrogens is 1. The van der Waals surface area contributed by atoms with Crippen LogP contribution in [0.2, 0.25) is 0 Å². The maximum Gasteiger partial charge on any atom is 0.226 e. The van der Waals surface area contributed by atoms with Crippen LogP contribution in [0, 0.1) is 0 Å². The normalized spacial score (nSPS) is 22.0. The van der Waals surface area contributed by atoms with Crippen molar-refractivity contribution < 1.29 is 9.53 Å². The van der Waals surface area contributed by atoms with E-state index in [4.69, 9.17) is 4.74 Å². The second kappa shape index (κ2) is 6.29. The van der Waals surface area contributed by atoms with Crippen LogP contribution in [0.5, 0.6) is 0 Å². The number of imidazole rings is 1. The summed E-state index contributed by atoms with van der Waals surface area (Å²) in [6.45, 7) is 2.12. The predicted octanol–water partition coefficient (Wildman–Crippen LogP) is 2.15. The van der Waals surface area contributed by atoms with Crippen LogP contribution in [0.4, 0.5) is 5.69 Å². The summed E-state index contributed by atoms with van der Waals surface area (Å²) in [7, 11) is 0. The van der Waals surface area contributed by atoms with Gasteiger partial charge in [0.2, 0.25) is 5.91 Å².